The molecule has 116 valence electrons. The molecule has 2 unspecified atom stereocenters. The Labute approximate surface area is 129 Å². The molecule has 3 nitrogen and oxygen atoms in total. The van der Waals surface area contributed by atoms with Crippen molar-refractivity contribution in [1.82, 2.24) is 5.32 Å². The van der Waals surface area contributed by atoms with Crippen LogP contribution in [0.3, 0.4) is 0 Å². The Morgan fingerprint density at radius 2 is 1.95 bits per heavy atom. The van der Waals surface area contributed by atoms with E-state index in [0.717, 1.165) is 19.4 Å². The van der Waals surface area contributed by atoms with Crippen molar-refractivity contribution in [3.63, 3.8) is 0 Å². The summed E-state index contributed by atoms with van der Waals surface area (Å²) in [5.41, 5.74) is 1.34. The Morgan fingerprint density at radius 1 is 1.29 bits per heavy atom. The number of rotatable bonds is 4. The van der Waals surface area contributed by atoms with Crippen LogP contribution in [0.5, 0.6) is 0 Å². The smallest absolute Gasteiger partial charge is 0.305 e. The number of esters is 1. The Balaban J connectivity index is 2.02. The van der Waals surface area contributed by atoms with E-state index < -0.39 is 8.07 Å². The highest BCUT2D eigenvalue weighted by molar-refractivity contribution is 6.88. The van der Waals surface area contributed by atoms with E-state index in [4.69, 9.17) is 4.74 Å². The zero-order valence-corrected chi connectivity index (χ0v) is 14.6. The summed E-state index contributed by atoms with van der Waals surface area (Å²) < 4.78 is 4.79. The van der Waals surface area contributed by atoms with Crippen LogP contribution in [-0.2, 0) is 9.53 Å². The fourth-order valence-electron chi connectivity index (χ4n) is 2.97. The first kappa shape index (κ1) is 16.2. The highest BCUT2D eigenvalue weighted by Gasteiger charge is 2.25. The highest BCUT2D eigenvalue weighted by Crippen LogP contribution is 2.29. The van der Waals surface area contributed by atoms with Gasteiger partial charge in [0.05, 0.1) is 15.2 Å². The maximum atomic E-state index is 11.4. The number of benzene rings is 1. The van der Waals surface area contributed by atoms with Crippen molar-refractivity contribution in [1.29, 1.82) is 0 Å². The van der Waals surface area contributed by atoms with E-state index in [1.165, 1.54) is 17.9 Å². The van der Waals surface area contributed by atoms with Crippen molar-refractivity contribution >= 4 is 19.2 Å². The maximum absolute atomic E-state index is 11.4. The minimum absolute atomic E-state index is 0.0882. The van der Waals surface area contributed by atoms with Crippen LogP contribution in [0.1, 0.15) is 30.9 Å². The molecule has 21 heavy (non-hydrogen) atoms. The highest BCUT2D eigenvalue weighted by atomic mass is 28.3. The zero-order valence-electron chi connectivity index (χ0n) is 13.6. The van der Waals surface area contributed by atoms with Gasteiger partial charge >= 0.3 is 5.97 Å². The SMILES string of the molecule is COC(=O)CC1CCNC(c2ccc([Si](C)(C)C)cc2)C1. The first-order chi connectivity index (χ1) is 9.90. The first-order valence-electron chi connectivity index (χ1n) is 7.81. The third-order valence-electron chi connectivity index (χ3n) is 4.37. The molecule has 0 aromatic heterocycles. The summed E-state index contributed by atoms with van der Waals surface area (Å²) >= 11 is 0. The predicted octanol–water partition coefficient (Wildman–Crippen LogP) is 2.84. The lowest BCUT2D eigenvalue weighted by Gasteiger charge is -2.30. The number of ether oxygens (including phenoxy) is 1. The van der Waals surface area contributed by atoms with Gasteiger partial charge in [0.25, 0.3) is 0 Å². The van der Waals surface area contributed by atoms with Crippen molar-refractivity contribution in [2.75, 3.05) is 13.7 Å². The molecule has 0 aliphatic carbocycles. The van der Waals surface area contributed by atoms with E-state index in [9.17, 15) is 4.79 Å². The van der Waals surface area contributed by atoms with Crippen molar-refractivity contribution in [3.05, 3.63) is 29.8 Å². The molecule has 0 radical (unpaired) electrons. The Morgan fingerprint density at radius 3 is 2.52 bits per heavy atom. The van der Waals surface area contributed by atoms with E-state index in [2.05, 4.69) is 49.2 Å². The van der Waals surface area contributed by atoms with Crippen molar-refractivity contribution in [2.24, 2.45) is 5.92 Å². The molecule has 1 heterocycles. The molecule has 4 heteroatoms. The largest absolute Gasteiger partial charge is 0.469 e. The summed E-state index contributed by atoms with van der Waals surface area (Å²) in [6, 6.07) is 9.45. The molecule has 1 N–H and O–H groups in total. The summed E-state index contributed by atoms with van der Waals surface area (Å²) in [4.78, 5) is 11.4. The molecule has 1 aliphatic heterocycles. The molecule has 2 atom stereocenters. The van der Waals surface area contributed by atoms with Gasteiger partial charge in [0.15, 0.2) is 0 Å². The monoisotopic (exact) mass is 305 g/mol. The second-order valence-electron chi connectivity index (χ2n) is 7.05. The number of hydrogen-bond acceptors (Lipinski definition) is 3. The third-order valence-corrected chi connectivity index (χ3v) is 6.44. The van der Waals surface area contributed by atoms with E-state index in [0.29, 0.717) is 18.4 Å². The number of methoxy groups -OCH3 is 1. The molecule has 0 bridgehead atoms. The van der Waals surface area contributed by atoms with Gasteiger partial charge < -0.3 is 10.1 Å². The number of piperidine rings is 1. The maximum Gasteiger partial charge on any atom is 0.305 e. The number of hydrogen-bond donors (Lipinski definition) is 1. The van der Waals surface area contributed by atoms with Gasteiger partial charge in [-0.15, -0.1) is 0 Å². The van der Waals surface area contributed by atoms with Gasteiger partial charge in [-0.25, -0.2) is 0 Å². The first-order valence-corrected chi connectivity index (χ1v) is 11.3. The van der Waals surface area contributed by atoms with E-state index in [-0.39, 0.29) is 5.97 Å². The Kier molecular flexibility index (Phi) is 5.22. The molecule has 0 amide bonds. The summed E-state index contributed by atoms with van der Waals surface area (Å²) in [5, 5.41) is 5.07. The average molecular weight is 305 g/mol. The lowest BCUT2D eigenvalue weighted by atomic mass is 9.87. The summed E-state index contributed by atoms with van der Waals surface area (Å²) in [6.45, 7) is 8.08. The molecular formula is C17H27NO2Si. The Hall–Kier alpha value is -1.13. The molecule has 1 aromatic rings. The summed E-state index contributed by atoms with van der Waals surface area (Å²) in [5.74, 6) is 0.343. The van der Waals surface area contributed by atoms with E-state index in [1.807, 2.05) is 0 Å². The van der Waals surface area contributed by atoms with Crippen LogP contribution in [-0.4, -0.2) is 27.7 Å². The van der Waals surface area contributed by atoms with Crippen molar-refractivity contribution < 1.29 is 9.53 Å². The van der Waals surface area contributed by atoms with Gasteiger partial charge in [-0.2, -0.15) is 0 Å². The molecule has 2 rings (SSSR count). The topological polar surface area (TPSA) is 38.3 Å². The van der Waals surface area contributed by atoms with Gasteiger partial charge in [-0.05, 0) is 30.9 Å². The van der Waals surface area contributed by atoms with Crippen LogP contribution in [0.15, 0.2) is 24.3 Å². The second kappa shape index (κ2) is 6.75. The van der Waals surface area contributed by atoms with Gasteiger partial charge in [0.2, 0.25) is 0 Å². The molecule has 1 saturated heterocycles. The Bertz CT molecular complexity index is 479. The molecule has 1 aromatic carbocycles. The van der Waals surface area contributed by atoms with Gasteiger partial charge in [-0.1, -0.05) is 49.1 Å². The lowest BCUT2D eigenvalue weighted by Crippen LogP contribution is -2.38. The van der Waals surface area contributed by atoms with Gasteiger partial charge in [-0.3, -0.25) is 4.79 Å². The van der Waals surface area contributed by atoms with Crippen molar-refractivity contribution in [3.8, 4) is 0 Å². The predicted molar refractivity (Wildman–Crippen MR) is 89.5 cm³/mol. The van der Waals surface area contributed by atoms with Crippen LogP contribution in [0.4, 0.5) is 0 Å². The number of carbonyl (C=O) groups excluding carboxylic acids is 1. The standard InChI is InChI=1S/C17H27NO2Si/c1-20-17(19)12-13-9-10-18-16(11-13)14-5-7-15(8-6-14)21(2,3)4/h5-8,13,16,18H,9-12H2,1-4H3. The van der Waals surface area contributed by atoms with E-state index in [1.54, 1.807) is 0 Å². The van der Waals surface area contributed by atoms with E-state index >= 15 is 0 Å². The fraction of sp³-hybridized carbons (Fsp3) is 0.588. The number of carbonyl (C=O) groups is 1. The van der Waals surface area contributed by atoms with Crippen LogP contribution in [0.25, 0.3) is 0 Å². The second-order valence-corrected chi connectivity index (χ2v) is 12.1. The van der Waals surface area contributed by atoms with Crippen LogP contribution < -0.4 is 10.5 Å². The molecule has 0 spiro atoms. The molecule has 0 saturated carbocycles. The van der Waals surface area contributed by atoms with Crippen LogP contribution in [0, 0.1) is 5.92 Å². The quantitative estimate of drug-likeness (QED) is 0.687. The number of nitrogens with one attached hydrogen (secondary N) is 1. The zero-order chi connectivity index (χ0) is 15.5. The molecule has 1 fully saturated rings. The summed E-state index contributed by atoms with van der Waals surface area (Å²) in [6.07, 6.45) is 2.61. The minimum Gasteiger partial charge on any atom is -0.469 e. The lowest BCUT2D eigenvalue weighted by molar-refractivity contribution is -0.142. The normalized spacial score (nSPS) is 22.9. The minimum atomic E-state index is -1.23. The van der Waals surface area contributed by atoms with Crippen LogP contribution >= 0.6 is 0 Å². The third kappa shape index (κ3) is 4.42. The summed E-state index contributed by atoms with van der Waals surface area (Å²) in [7, 11) is 0.241. The van der Waals surface area contributed by atoms with Crippen molar-refractivity contribution in [2.45, 2.75) is 44.9 Å². The van der Waals surface area contributed by atoms with Gasteiger partial charge in [0.1, 0.15) is 0 Å². The van der Waals surface area contributed by atoms with Gasteiger partial charge in [0, 0.05) is 12.5 Å². The average Bonchev–Trinajstić information content (AvgIpc) is 2.46. The molecular weight excluding hydrogens is 278 g/mol. The van der Waals surface area contributed by atoms with Crippen LogP contribution in [0.2, 0.25) is 19.6 Å². The molecule has 1 aliphatic rings. The fourth-order valence-corrected chi connectivity index (χ4v) is 4.14.